The van der Waals surface area contributed by atoms with E-state index in [-0.39, 0.29) is 29.3 Å². The molecule has 1 aliphatic heterocycles. The largest absolute Gasteiger partial charge is 0.497 e. The Kier molecular flexibility index (Phi) is 8.87. The Bertz CT molecular complexity index is 1170. The molecule has 0 N–H and O–H groups in total. The molecule has 1 heterocycles. The van der Waals surface area contributed by atoms with Gasteiger partial charge in [0.1, 0.15) is 5.75 Å². The minimum Gasteiger partial charge on any atom is -0.497 e. The van der Waals surface area contributed by atoms with Gasteiger partial charge in [0, 0.05) is 31.6 Å². The molecule has 2 fully saturated rings. The van der Waals surface area contributed by atoms with Crippen LogP contribution in [0.3, 0.4) is 0 Å². The molecule has 4 rings (SSSR count). The zero-order valence-electron chi connectivity index (χ0n) is 21.6. The number of carbonyl (C=O) groups excluding carboxylic acids is 2. The number of esters is 1. The Morgan fingerprint density at radius 3 is 2.22 bits per heavy atom. The van der Waals surface area contributed by atoms with Crippen molar-refractivity contribution in [1.29, 1.82) is 0 Å². The Balaban J connectivity index is 1.61. The van der Waals surface area contributed by atoms with Gasteiger partial charge in [-0.25, -0.2) is 13.2 Å². The molecule has 1 unspecified atom stereocenters. The van der Waals surface area contributed by atoms with Crippen LogP contribution in [-0.4, -0.2) is 62.9 Å². The topological polar surface area (TPSA) is 93.2 Å². The molecule has 1 atom stereocenters. The van der Waals surface area contributed by atoms with Gasteiger partial charge in [-0.05, 0) is 67.6 Å². The van der Waals surface area contributed by atoms with Gasteiger partial charge in [0.25, 0.3) is 0 Å². The van der Waals surface area contributed by atoms with Gasteiger partial charge >= 0.3 is 5.97 Å². The van der Waals surface area contributed by atoms with Crippen LogP contribution in [0.25, 0.3) is 0 Å². The average Bonchev–Trinajstić information content (AvgIpc) is 2.95. The smallest absolute Gasteiger partial charge is 0.337 e. The molecule has 8 nitrogen and oxygen atoms in total. The van der Waals surface area contributed by atoms with E-state index < -0.39 is 16.0 Å². The molecule has 1 saturated carbocycles. The van der Waals surface area contributed by atoms with E-state index in [1.165, 1.54) is 24.9 Å². The van der Waals surface area contributed by atoms with Crippen LogP contribution in [0.5, 0.6) is 5.75 Å². The van der Waals surface area contributed by atoms with E-state index >= 15 is 0 Å². The highest BCUT2D eigenvalue weighted by Gasteiger charge is 2.37. The highest BCUT2D eigenvalue weighted by molar-refractivity contribution is 7.89. The minimum absolute atomic E-state index is 0.0463. The molecule has 1 amide bonds. The number of carbonyl (C=O) groups is 2. The van der Waals surface area contributed by atoms with Crippen LogP contribution in [-0.2, 0) is 26.1 Å². The summed E-state index contributed by atoms with van der Waals surface area (Å²) in [6, 6.07) is 12.8. The maximum Gasteiger partial charge on any atom is 0.337 e. The van der Waals surface area contributed by atoms with E-state index in [4.69, 9.17) is 9.47 Å². The van der Waals surface area contributed by atoms with Crippen LogP contribution >= 0.6 is 0 Å². The zero-order chi connectivity index (χ0) is 26.4. The summed E-state index contributed by atoms with van der Waals surface area (Å²) < 4.78 is 39.4. The molecular weight excluding hydrogens is 492 g/mol. The lowest BCUT2D eigenvalue weighted by atomic mass is 9.87. The number of likely N-dealkylation sites (tertiary alicyclic amines) is 1. The molecule has 1 saturated heterocycles. The van der Waals surface area contributed by atoms with Crippen LogP contribution in [0.2, 0.25) is 0 Å². The van der Waals surface area contributed by atoms with E-state index in [0.29, 0.717) is 30.8 Å². The van der Waals surface area contributed by atoms with Gasteiger partial charge in [0.2, 0.25) is 15.9 Å². The Hall–Kier alpha value is -2.91. The summed E-state index contributed by atoms with van der Waals surface area (Å²) in [5.74, 6) is 0.336. The zero-order valence-corrected chi connectivity index (χ0v) is 22.4. The molecule has 9 heteroatoms. The number of sulfonamides is 1. The first-order valence-corrected chi connectivity index (χ1v) is 14.4. The van der Waals surface area contributed by atoms with Crippen LogP contribution < -0.4 is 4.74 Å². The summed E-state index contributed by atoms with van der Waals surface area (Å²) in [5, 5.41) is 0. The average molecular weight is 529 g/mol. The molecule has 0 bridgehead atoms. The van der Waals surface area contributed by atoms with Crippen LogP contribution in [0.1, 0.15) is 60.9 Å². The highest BCUT2D eigenvalue weighted by Crippen LogP contribution is 2.30. The van der Waals surface area contributed by atoms with Crippen molar-refractivity contribution in [3.05, 3.63) is 59.7 Å². The van der Waals surface area contributed by atoms with E-state index in [0.717, 1.165) is 37.7 Å². The molecule has 2 aromatic carbocycles. The number of amides is 1. The lowest BCUT2D eigenvalue weighted by Gasteiger charge is -2.40. The van der Waals surface area contributed by atoms with Crippen molar-refractivity contribution < 1.29 is 27.5 Å². The van der Waals surface area contributed by atoms with E-state index in [2.05, 4.69) is 0 Å². The molecule has 0 spiro atoms. The normalized spacial score (nSPS) is 19.0. The number of ether oxygens (including phenoxy) is 2. The van der Waals surface area contributed by atoms with E-state index in [9.17, 15) is 18.0 Å². The quantitative estimate of drug-likeness (QED) is 0.476. The van der Waals surface area contributed by atoms with Gasteiger partial charge in [-0.2, -0.15) is 4.31 Å². The van der Waals surface area contributed by atoms with Crippen molar-refractivity contribution in [2.75, 3.05) is 27.3 Å². The first-order valence-electron chi connectivity index (χ1n) is 13.0. The first kappa shape index (κ1) is 27.1. The Labute approximate surface area is 219 Å². The maximum absolute atomic E-state index is 13.9. The minimum atomic E-state index is -3.88. The monoisotopic (exact) mass is 528 g/mol. The highest BCUT2D eigenvalue weighted by atomic mass is 32.2. The van der Waals surface area contributed by atoms with Gasteiger partial charge in [0.05, 0.1) is 24.7 Å². The fourth-order valence-electron chi connectivity index (χ4n) is 5.34. The van der Waals surface area contributed by atoms with Crippen molar-refractivity contribution >= 4 is 21.9 Å². The van der Waals surface area contributed by atoms with Gasteiger partial charge in [-0.3, -0.25) is 4.79 Å². The fraction of sp³-hybridized carbons (Fsp3) is 0.500. The van der Waals surface area contributed by atoms with E-state index in [1.54, 1.807) is 48.5 Å². The maximum atomic E-state index is 13.9. The molecule has 2 aliphatic rings. The van der Waals surface area contributed by atoms with Crippen molar-refractivity contribution in [2.45, 2.75) is 62.4 Å². The van der Waals surface area contributed by atoms with Crippen LogP contribution in [0, 0.1) is 5.92 Å². The molecule has 2 aromatic rings. The second kappa shape index (κ2) is 12.1. The predicted molar refractivity (Wildman–Crippen MR) is 140 cm³/mol. The number of methoxy groups -OCH3 is 2. The number of hydrogen-bond acceptors (Lipinski definition) is 6. The third kappa shape index (κ3) is 6.33. The third-order valence-corrected chi connectivity index (χ3v) is 9.36. The molecule has 0 radical (unpaired) electrons. The molecule has 37 heavy (non-hydrogen) atoms. The number of nitrogens with zero attached hydrogens (tertiary/aromatic N) is 2. The van der Waals surface area contributed by atoms with Gasteiger partial charge in [0.15, 0.2) is 0 Å². The van der Waals surface area contributed by atoms with Crippen LogP contribution in [0.4, 0.5) is 0 Å². The molecule has 200 valence electrons. The second-order valence-corrected chi connectivity index (χ2v) is 11.7. The summed E-state index contributed by atoms with van der Waals surface area (Å²) in [6.07, 6.45) is 6.58. The summed E-state index contributed by atoms with van der Waals surface area (Å²) in [4.78, 5) is 27.2. The number of piperidine rings is 1. The lowest BCUT2D eigenvalue weighted by Crippen LogP contribution is -2.52. The standard InChI is InChI=1S/C28H36N2O6S/c1-35-25-14-16-26(17-15-25)37(33,34)30(19-21-10-12-23(13-11-21)28(32)36-2)24-9-6-18-29(20-24)27(31)22-7-4-3-5-8-22/h10-17,22,24H,3-9,18-20H2,1-2H3. The summed E-state index contributed by atoms with van der Waals surface area (Å²) in [7, 11) is -1.02. The lowest BCUT2D eigenvalue weighted by molar-refractivity contribution is -0.138. The third-order valence-electron chi connectivity index (χ3n) is 7.45. The van der Waals surface area contributed by atoms with E-state index in [1.807, 2.05) is 4.90 Å². The fourth-order valence-corrected chi connectivity index (χ4v) is 6.97. The Morgan fingerprint density at radius 1 is 0.919 bits per heavy atom. The molecule has 1 aliphatic carbocycles. The van der Waals surface area contributed by atoms with Gasteiger partial charge in [-0.1, -0.05) is 31.4 Å². The number of rotatable bonds is 8. The second-order valence-electron chi connectivity index (χ2n) is 9.83. The summed E-state index contributed by atoms with van der Waals surface area (Å²) in [6.45, 7) is 1.17. The number of hydrogen-bond donors (Lipinski definition) is 0. The molecule has 0 aromatic heterocycles. The van der Waals surface area contributed by atoms with Crippen molar-refractivity contribution in [3.8, 4) is 5.75 Å². The van der Waals surface area contributed by atoms with Crippen molar-refractivity contribution in [1.82, 2.24) is 9.21 Å². The SMILES string of the molecule is COC(=O)c1ccc(CN(C2CCCN(C(=O)C3CCCCC3)C2)S(=O)(=O)c2ccc(OC)cc2)cc1. The predicted octanol–water partition coefficient (Wildman–Crippen LogP) is 4.24. The van der Waals surface area contributed by atoms with Crippen molar-refractivity contribution in [2.24, 2.45) is 5.92 Å². The van der Waals surface area contributed by atoms with Crippen LogP contribution in [0.15, 0.2) is 53.4 Å². The Morgan fingerprint density at radius 2 is 1.59 bits per heavy atom. The number of benzene rings is 2. The molecular formula is C28H36N2O6S. The van der Waals surface area contributed by atoms with Gasteiger partial charge < -0.3 is 14.4 Å². The van der Waals surface area contributed by atoms with Crippen molar-refractivity contribution in [3.63, 3.8) is 0 Å². The van der Waals surface area contributed by atoms with Gasteiger partial charge in [-0.15, -0.1) is 0 Å². The first-order chi connectivity index (χ1) is 17.8. The summed E-state index contributed by atoms with van der Waals surface area (Å²) >= 11 is 0. The summed E-state index contributed by atoms with van der Waals surface area (Å²) in [5.41, 5.74) is 1.15.